The van der Waals surface area contributed by atoms with Crippen LogP contribution in [0.25, 0.3) is 0 Å². The van der Waals surface area contributed by atoms with Crippen molar-refractivity contribution in [2.24, 2.45) is 0 Å². The number of nitro benzene ring substituents is 1. The largest absolute Gasteiger partial charge is 0.456 e. The second-order valence-corrected chi connectivity index (χ2v) is 7.06. The zero-order chi connectivity index (χ0) is 17.9. The van der Waals surface area contributed by atoms with Gasteiger partial charge in [-0.15, -0.1) is 0 Å². The maximum absolute atomic E-state index is 12.0. The van der Waals surface area contributed by atoms with Crippen molar-refractivity contribution in [2.75, 3.05) is 14.1 Å². The maximum atomic E-state index is 12.0. The Morgan fingerprint density at radius 2 is 1.79 bits per heavy atom. The average Bonchev–Trinajstić information content (AvgIpc) is 2.55. The van der Waals surface area contributed by atoms with Crippen molar-refractivity contribution in [1.82, 2.24) is 4.31 Å². The quantitative estimate of drug-likeness (QED) is 0.606. The van der Waals surface area contributed by atoms with Crippen LogP contribution in [0.3, 0.4) is 0 Å². The third kappa shape index (κ3) is 3.51. The van der Waals surface area contributed by atoms with E-state index in [1.165, 1.54) is 50.5 Å². The van der Waals surface area contributed by atoms with Gasteiger partial charge < -0.3 is 4.74 Å². The van der Waals surface area contributed by atoms with Gasteiger partial charge >= 0.3 is 0 Å². The number of non-ortho nitro benzene ring substituents is 1. The smallest absolute Gasteiger partial charge is 0.271 e. The van der Waals surface area contributed by atoms with E-state index >= 15 is 0 Å². The monoisotopic (exact) mass is 347 g/mol. The molecule has 9 heteroatoms. The summed E-state index contributed by atoms with van der Waals surface area (Å²) in [6, 6.07) is 11.1. The van der Waals surface area contributed by atoms with Crippen molar-refractivity contribution in [1.29, 1.82) is 5.26 Å². The van der Waals surface area contributed by atoms with Crippen LogP contribution in [0, 0.1) is 21.4 Å². The van der Waals surface area contributed by atoms with Crippen LogP contribution in [0.2, 0.25) is 0 Å². The van der Waals surface area contributed by atoms with Crippen molar-refractivity contribution in [3.8, 4) is 17.6 Å². The molecule has 0 aliphatic heterocycles. The molecule has 24 heavy (non-hydrogen) atoms. The molecule has 0 atom stereocenters. The molecule has 0 N–H and O–H groups in total. The Morgan fingerprint density at radius 1 is 1.17 bits per heavy atom. The number of sulfonamides is 1. The molecule has 0 aromatic heterocycles. The van der Waals surface area contributed by atoms with Crippen molar-refractivity contribution in [3.05, 3.63) is 58.1 Å². The summed E-state index contributed by atoms with van der Waals surface area (Å²) in [6.45, 7) is 0. The topological polar surface area (TPSA) is 114 Å². The Kier molecular flexibility index (Phi) is 4.82. The normalized spacial score (nSPS) is 11.1. The van der Waals surface area contributed by atoms with Gasteiger partial charge in [0.05, 0.1) is 9.82 Å². The highest BCUT2D eigenvalue weighted by molar-refractivity contribution is 7.89. The number of nitrogens with zero attached hydrogens (tertiary/aromatic N) is 3. The highest BCUT2D eigenvalue weighted by Gasteiger charge is 2.17. The second kappa shape index (κ2) is 6.66. The van der Waals surface area contributed by atoms with E-state index in [0.29, 0.717) is 5.75 Å². The van der Waals surface area contributed by atoms with Crippen LogP contribution in [0.5, 0.6) is 11.5 Å². The molecule has 0 aliphatic rings. The van der Waals surface area contributed by atoms with Gasteiger partial charge in [-0.3, -0.25) is 10.1 Å². The molecule has 0 saturated heterocycles. The first kappa shape index (κ1) is 17.4. The summed E-state index contributed by atoms with van der Waals surface area (Å²) in [5.41, 5.74) is -0.208. The molecule has 0 fully saturated rings. The summed E-state index contributed by atoms with van der Waals surface area (Å²) in [7, 11) is -0.691. The molecular formula is C15H13N3O5S. The van der Waals surface area contributed by atoms with Crippen LogP contribution < -0.4 is 4.74 Å². The Morgan fingerprint density at radius 3 is 2.29 bits per heavy atom. The molecular weight excluding hydrogens is 334 g/mol. The predicted octanol–water partition coefficient (Wildman–Crippen LogP) is 2.51. The third-order valence-electron chi connectivity index (χ3n) is 3.12. The highest BCUT2D eigenvalue weighted by Crippen LogP contribution is 2.29. The Balaban J connectivity index is 2.30. The third-order valence-corrected chi connectivity index (χ3v) is 4.95. The van der Waals surface area contributed by atoms with Gasteiger partial charge in [-0.05, 0) is 30.3 Å². The van der Waals surface area contributed by atoms with Gasteiger partial charge in [-0.25, -0.2) is 12.7 Å². The fourth-order valence-corrected chi connectivity index (χ4v) is 2.73. The second-order valence-electron chi connectivity index (χ2n) is 4.91. The summed E-state index contributed by atoms with van der Waals surface area (Å²) >= 11 is 0. The Labute approximate surface area is 138 Å². The van der Waals surface area contributed by atoms with Crippen LogP contribution in [0.15, 0.2) is 47.4 Å². The van der Waals surface area contributed by atoms with Crippen molar-refractivity contribution in [3.63, 3.8) is 0 Å². The van der Waals surface area contributed by atoms with Crippen LogP contribution in [0.4, 0.5) is 5.69 Å². The lowest BCUT2D eigenvalue weighted by Gasteiger charge is -2.12. The number of rotatable bonds is 5. The molecule has 2 aromatic carbocycles. The van der Waals surface area contributed by atoms with Gasteiger partial charge in [0.2, 0.25) is 10.0 Å². The summed E-state index contributed by atoms with van der Waals surface area (Å²) in [5, 5.41) is 19.8. The number of hydrogen-bond donors (Lipinski definition) is 0. The molecule has 0 aliphatic carbocycles. The standard InChI is InChI=1S/C15H13N3O5S/c1-17(2)24(21,22)14-6-4-13(5-7-14)23-15-8-3-12(18(19)20)9-11(15)10-16/h3-9H,1-2H3. The minimum atomic E-state index is -3.54. The van der Waals surface area contributed by atoms with Gasteiger partial charge in [-0.2, -0.15) is 5.26 Å². The number of nitriles is 1. The van der Waals surface area contributed by atoms with E-state index in [9.17, 15) is 18.5 Å². The van der Waals surface area contributed by atoms with E-state index in [-0.39, 0.29) is 21.9 Å². The van der Waals surface area contributed by atoms with E-state index in [4.69, 9.17) is 10.00 Å². The first-order valence-corrected chi connectivity index (χ1v) is 8.08. The van der Waals surface area contributed by atoms with Crippen molar-refractivity contribution in [2.45, 2.75) is 4.90 Å². The average molecular weight is 347 g/mol. The van der Waals surface area contributed by atoms with Gasteiger partial charge in [0.1, 0.15) is 23.1 Å². The molecule has 0 bridgehead atoms. The van der Waals surface area contributed by atoms with Crippen LogP contribution in [0.1, 0.15) is 5.56 Å². The first-order chi connectivity index (χ1) is 11.3. The lowest BCUT2D eigenvalue weighted by atomic mass is 10.2. The minimum Gasteiger partial charge on any atom is -0.456 e. The fraction of sp³-hybridized carbons (Fsp3) is 0.133. The lowest BCUT2D eigenvalue weighted by Crippen LogP contribution is -2.22. The van der Waals surface area contributed by atoms with Crippen LogP contribution in [-0.4, -0.2) is 31.7 Å². The molecule has 2 rings (SSSR count). The zero-order valence-corrected chi connectivity index (χ0v) is 13.6. The summed E-state index contributed by atoms with van der Waals surface area (Å²) in [5.74, 6) is 0.448. The highest BCUT2D eigenvalue weighted by atomic mass is 32.2. The first-order valence-electron chi connectivity index (χ1n) is 6.64. The van der Waals surface area contributed by atoms with Crippen LogP contribution in [-0.2, 0) is 10.0 Å². The minimum absolute atomic E-state index is 0.00851. The van der Waals surface area contributed by atoms with Crippen molar-refractivity contribution < 1.29 is 18.1 Å². The Hall–Kier alpha value is -2.96. The molecule has 124 valence electrons. The zero-order valence-electron chi connectivity index (χ0n) is 12.8. The molecule has 0 radical (unpaired) electrons. The number of hydrogen-bond acceptors (Lipinski definition) is 6. The molecule has 0 unspecified atom stereocenters. The maximum Gasteiger partial charge on any atom is 0.271 e. The molecule has 8 nitrogen and oxygen atoms in total. The van der Waals surface area contributed by atoms with E-state index in [1.54, 1.807) is 0 Å². The summed E-state index contributed by atoms with van der Waals surface area (Å²) in [4.78, 5) is 10.2. The number of ether oxygens (including phenoxy) is 1. The fourth-order valence-electron chi connectivity index (χ4n) is 1.83. The van der Waals surface area contributed by atoms with E-state index < -0.39 is 14.9 Å². The summed E-state index contributed by atoms with van der Waals surface area (Å²) in [6.07, 6.45) is 0. The molecule has 0 saturated carbocycles. The number of benzene rings is 2. The van der Waals surface area contributed by atoms with Crippen molar-refractivity contribution >= 4 is 15.7 Å². The van der Waals surface area contributed by atoms with Crippen LogP contribution >= 0.6 is 0 Å². The van der Waals surface area contributed by atoms with Gasteiger partial charge in [0.15, 0.2) is 0 Å². The van der Waals surface area contributed by atoms with E-state index in [2.05, 4.69) is 0 Å². The molecule has 0 spiro atoms. The molecule has 2 aromatic rings. The van der Waals surface area contributed by atoms with Gasteiger partial charge in [-0.1, -0.05) is 0 Å². The Bertz CT molecular complexity index is 915. The lowest BCUT2D eigenvalue weighted by molar-refractivity contribution is -0.384. The van der Waals surface area contributed by atoms with Gasteiger partial charge in [0.25, 0.3) is 5.69 Å². The van der Waals surface area contributed by atoms with Gasteiger partial charge in [0, 0.05) is 26.2 Å². The summed E-state index contributed by atoms with van der Waals surface area (Å²) < 4.78 is 30.6. The molecule has 0 heterocycles. The molecule has 0 amide bonds. The predicted molar refractivity (Wildman–Crippen MR) is 85.2 cm³/mol. The number of nitro groups is 1. The van der Waals surface area contributed by atoms with E-state index in [1.807, 2.05) is 6.07 Å². The SMILES string of the molecule is CN(C)S(=O)(=O)c1ccc(Oc2ccc([N+](=O)[O-])cc2C#N)cc1. The van der Waals surface area contributed by atoms with E-state index in [0.717, 1.165) is 10.4 Å².